The van der Waals surface area contributed by atoms with Crippen LogP contribution in [0.4, 0.5) is 0 Å². The van der Waals surface area contributed by atoms with Gasteiger partial charge in [0.2, 0.25) is 0 Å². The first-order chi connectivity index (χ1) is 9.38. The molecule has 4 heteroatoms. The van der Waals surface area contributed by atoms with Crippen molar-refractivity contribution in [2.24, 2.45) is 0 Å². The van der Waals surface area contributed by atoms with Crippen LogP contribution in [-0.2, 0) is 13.1 Å². The molecule has 0 bridgehead atoms. The Balaban J connectivity index is 1.68. The third-order valence-corrected chi connectivity index (χ3v) is 2.89. The smallest absolute Gasteiger partial charge is 0.119 e. The summed E-state index contributed by atoms with van der Waals surface area (Å²) in [5.74, 6) is 0.936. The summed E-state index contributed by atoms with van der Waals surface area (Å²) >= 11 is 0. The number of rotatable bonds is 8. The maximum Gasteiger partial charge on any atom is 0.119 e. The minimum Gasteiger partial charge on any atom is -0.494 e. The Morgan fingerprint density at radius 1 is 1.26 bits per heavy atom. The normalized spacial score (nSPS) is 10.6. The zero-order chi connectivity index (χ0) is 13.3. The largest absolute Gasteiger partial charge is 0.494 e. The number of benzene rings is 1. The molecule has 0 atom stereocenters. The third kappa shape index (κ3) is 4.75. The number of ether oxygens (including phenoxy) is 1. The van der Waals surface area contributed by atoms with Gasteiger partial charge in [0.1, 0.15) is 5.75 Å². The highest BCUT2D eigenvalue weighted by atomic mass is 16.5. The molecule has 1 heterocycles. The number of aryl methyl sites for hydroxylation is 1. The average molecular weight is 259 g/mol. The van der Waals surface area contributed by atoms with Gasteiger partial charge in [-0.2, -0.15) is 0 Å². The van der Waals surface area contributed by atoms with E-state index < -0.39 is 0 Å². The van der Waals surface area contributed by atoms with E-state index in [9.17, 15) is 0 Å². The van der Waals surface area contributed by atoms with E-state index in [2.05, 4.69) is 33.9 Å². The first-order valence-corrected chi connectivity index (χ1v) is 6.76. The molecule has 19 heavy (non-hydrogen) atoms. The van der Waals surface area contributed by atoms with Gasteiger partial charge < -0.3 is 14.6 Å². The fourth-order valence-electron chi connectivity index (χ4n) is 1.83. The van der Waals surface area contributed by atoms with Crippen LogP contribution in [0.1, 0.15) is 18.9 Å². The lowest BCUT2D eigenvalue weighted by Crippen LogP contribution is -2.11. The minimum atomic E-state index is 0.727. The second-order valence-corrected chi connectivity index (χ2v) is 4.43. The van der Waals surface area contributed by atoms with Gasteiger partial charge in [0.15, 0.2) is 0 Å². The molecule has 0 spiro atoms. The molecule has 0 aliphatic rings. The summed E-state index contributed by atoms with van der Waals surface area (Å²) in [6, 6.07) is 8.27. The molecule has 4 nitrogen and oxygen atoms in total. The van der Waals surface area contributed by atoms with Gasteiger partial charge in [-0.1, -0.05) is 19.1 Å². The Bertz CT molecular complexity index is 451. The predicted molar refractivity (Wildman–Crippen MR) is 76.2 cm³/mol. The van der Waals surface area contributed by atoms with E-state index >= 15 is 0 Å². The number of imidazole rings is 1. The molecule has 0 saturated heterocycles. The summed E-state index contributed by atoms with van der Waals surface area (Å²) in [6.45, 7) is 5.69. The Hall–Kier alpha value is -1.81. The Kier molecular flexibility index (Phi) is 5.44. The minimum absolute atomic E-state index is 0.727. The zero-order valence-corrected chi connectivity index (χ0v) is 11.4. The van der Waals surface area contributed by atoms with Crippen LogP contribution in [0, 0.1) is 0 Å². The highest BCUT2D eigenvalue weighted by Gasteiger charge is 1.96. The number of hydrogen-bond acceptors (Lipinski definition) is 3. The van der Waals surface area contributed by atoms with Crippen molar-refractivity contribution in [3.05, 3.63) is 48.5 Å². The van der Waals surface area contributed by atoms with Gasteiger partial charge in [0, 0.05) is 25.5 Å². The van der Waals surface area contributed by atoms with Crippen LogP contribution in [0.2, 0.25) is 0 Å². The van der Waals surface area contributed by atoms with E-state index in [0.717, 1.165) is 38.4 Å². The van der Waals surface area contributed by atoms with Crippen LogP contribution in [-0.4, -0.2) is 22.7 Å². The molecule has 0 saturated carbocycles. The predicted octanol–water partition coefficient (Wildman–Crippen LogP) is 2.46. The van der Waals surface area contributed by atoms with E-state index in [1.807, 2.05) is 24.7 Å². The fraction of sp³-hybridized carbons (Fsp3) is 0.400. The maximum atomic E-state index is 5.71. The quantitative estimate of drug-likeness (QED) is 0.740. The average Bonchev–Trinajstić information content (AvgIpc) is 2.96. The number of hydrogen-bond donors (Lipinski definition) is 1. The Morgan fingerprint density at radius 3 is 2.79 bits per heavy atom. The van der Waals surface area contributed by atoms with Crippen molar-refractivity contribution in [1.82, 2.24) is 14.9 Å². The first kappa shape index (κ1) is 13.6. The van der Waals surface area contributed by atoms with Gasteiger partial charge in [0.05, 0.1) is 12.9 Å². The number of nitrogens with one attached hydrogen (secondary N) is 1. The summed E-state index contributed by atoms with van der Waals surface area (Å²) in [6.07, 6.45) is 6.57. The standard InChI is InChI=1S/C15H21N3O/c1-2-16-12-14-4-6-15(7-5-14)19-11-3-9-18-10-8-17-13-18/h4-8,10,13,16H,2-3,9,11-12H2,1H3. The van der Waals surface area contributed by atoms with Crippen molar-refractivity contribution in [1.29, 1.82) is 0 Å². The molecule has 1 aromatic carbocycles. The summed E-state index contributed by atoms with van der Waals surface area (Å²) in [4.78, 5) is 4.01. The molecular formula is C15H21N3O. The zero-order valence-electron chi connectivity index (χ0n) is 11.4. The van der Waals surface area contributed by atoms with E-state index in [4.69, 9.17) is 4.74 Å². The molecule has 0 radical (unpaired) electrons. The van der Waals surface area contributed by atoms with Crippen LogP contribution in [0.3, 0.4) is 0 Å². The SMILES string of the molecule is CCNCc1ccc(OCCCn2ccnc2)cc1. The molecule has 102 valence electrons. The highest BCUT2D eigenvalue weighted by molar-refractivity contribution is 5.27. The van der Waals surface area contributed by atoms with Gasteiger partial charge in [0.25, 0.3) is 0 Å². The van der Waals surface area contributed by atoms with Gasteiger partial charge >= 0.3 is 0 Å². The van der Waals surface area contributed by atoms with Crippen LogP contribution >= 0.6 is 0 Å². The van der Waals surface area contributed by atoms with Gasteiger partial charge in [-0.05, 0) is 30.7 Å². The Morgan fingerprint density at radius 2 is 2.11 bits per heavy atom. The van der Waals surface area contributed by atoms with Gasteiger partial charge in [-0.15, -0.1) is 0 Å². The van der Waals surface area contributed by atoms with Crippen molar-refractivity contribution < 1.29 is 4.74 Å². The van der Waals surface area contributed by atoms with Crippen molar-refractivity contribution in [3.8, 4) is 5.75 Å². The molecule has 0 aliphatic carbocycles. The van der Waals surface area contributed by atoms with Crippen LogP contribution in [0.5, 0.6) is 5.75 Å². The topological polar surface area (TPSA) is 39.1 Å². The molecular weight excluding hydrogens is 238 g/mol. The van der Waals surface area contributed by atoms with E-state index in [0.29, 0.717) is 0 Å². The van der Waals surface area contributed by atoms with Crippen LogP contribution in [0.25, 0.3) is 0 Å². The molecule has 0 fully saturated rings. The lowest BCUT2D eigenvalue weighted by molar-refractivity contribution is 0.301. The monoisotopic (exact) mass is 259 g/mol. The second kappa shape index (κ2) is 7.59. The molecule has 1 aromatic heterocycles. The summed E-state index contributed by atoms with van der Waals surface area (Å²) in [5.41, 5.74) is 1.28. The lowest BCUT2D eigenvalue weighted by atomic mass is 10.2. The molecule has 1 N–H and O–H groups in total. The molecule has 0 amide bonds. The summed E-state index contributed by atoms with van der Waals surface area (Å²) < 4.78 is 7.77. The maximum absolute atomic E-state index is 5.71. The van der Waals surface area contributed by atoms with E-state index in [1.54, 1.807) is 6.20 Å². The lowest BCUT2D eigenvalue weighted by Gasteiger charge is -2.08. The highest BCUT2D eigenvalue weighted by Crippen LogP contribution is 2.12. The molecule has 2 aromatic rings. The van der Waals surface area contributed by atoms with Crippen molar-refractivity contribution in [2.75, 3.05) is 13.2 Å². The molecule has 2 rings (SSSR count). The van der Waals surface area contributed by atoms with E-state index in [-0.39, 0.29) is 0 Å². The Labute approximate surface area is 114 Å². The third-order valence-electron chi connectivity index (χ3n) is 2.89. The number of nitrogens with zero attached hydrogens (tertiary/aromatic N) is 2. The second-order valence-electron chi connectivity index (χ2n) is 4.43. The van der Waals surface area contributed by atoms with Crippen LogP contribution in [0.15, 0.2) is 43.0 Å². The van der Waals surface area contributed by atoms with Crippen molar-refractivity contribution in [2.45, 2.75) is 26.4 Å². The van der Waals surface area contributed by atoms with Crippen LogP contribution < -0.4 is 10.1 Å². The molecule has 0 aliphatic heterocycles. The summed E-state index contributed by atoms with van der Waals surface area (Å²) in [5, 5.41) is 3.30. The van der Waals surface area contributed by atoms with Crippen molar-refractivity contribution in [3.63, 3.8) is 0 Å². The summed E-state index contributed by atoms with van der Waals surface area (Å²) in [7, 11) is 0. The fourth-order valence-corrected chi connectivity index (χ4v) is 1.83. The molecule has 0 unspecified atom stereocenters. The van der Waals surface area contributed by atoms with Gasteiger partial charge in [-0.25, -0.2) is 4.98 Å². The van der Waals surface area contributed by atoms with Gasteiger partial charge in [-0.3, -0.25) is 0 Å². The van der Waals surface area contributed by atoms with Crippen molar-refractivity contribution >= 4 is 0 Å². The number of aromatic nitrogens is 2. The van der Waals surface area contributed by atoms with E-state index in [1.165, 1.54) is 5.56 Å². The first-order valence-electron chi connectivity index (χ1n) is 6.76.